The number of nitrogens with one attached hydrogen (secondary N) is 1. The van der Waals surface area contributed by atoms with Gasteiger partial charge in [-0.1, -0.05) is 0 Å². The van der Waals surface area contributed by atoms with Gasteiger partial charge in [0.2, 0.25) is 0 Å². The summed E-state index contributed by atoms with van der Waals surface area (Å²) in [5.74, 6) is -6.37. The zero-order valence-corrected chi connectivity index (χ0v) is 28.0. The summed E-state index contributed by atoms with van der Waals surface area (Å²) in [5, 5.41) is 17.9. The number of allylic oxidation sites excluding steroid dienone is 2. The predicted octanol–water partition coefficient (Wildman–Crippen LogP) is 6.62. The molecule has 5 rings (SSSR count). The van der Waals surface area contributed by atoms with E-state index in [9.17, 15) is 19.7 Å². The van der Waals surface area contributed by atoms with E-state index in [0.29, 0.717) is 17.0 Å². The van der Waals surface area contributed by atoms with Gasteiger partial charge in [0.05, 0.1) is 0 Å². The quantitative estimate of drug-likeness (QED) is 0.0827. The number of benzene rings is 4. The van der Waals surface area contributed by atoms with Crippen LogP contribution in [-0.2, 0) is 19.1 Å². The monoisotopic (exact) mass is 670 g/mol. The van der Waals surface area contributed by atoms with E-state index in [4.69, 9.17) is 20.7 Å². The summed E-state index contributed by atoms with van der Waals surface area (Å²) in [6.45, 7) is 5.28. The first-order valence-corrected chi connectivity index (χ1v) is 18.7. The van der Waals surface area contributed by atoms with Gasteiger partial charge < -0.3 is 0 Å². The Labute approximate surface area is 278 Å². The number of carbonyl (C=O) groups is 2. The number of esters is 2. The molecule has 1 N–H and O–H groups in total. The Morgan fingerprint density at radius 3 is 1.68 bits per heavy atom. The minimum absolute atomic E-state index is 0.0647. The molecule has 0 aliphatic carbocycles. The van der Waals surface area contributed by atoms with E-state index < -0.39 is 28.7 Å². The molecule has 10 heteroatoms. The van der Waals surface area contributed by atoms with Crippen molar-refractivity contribution in [3.63, 3.8) is 0 Å². The second-order valence-corrected chi connectivity index (χ2v) is 17.6. The van der Waals surface area contributed by atoms with Gasteiger partial charge in [0.1, 0.15) is 0 Å². The molecule has 47 heavy (non-hydrogen) atoms. The van der Waals surface area contributed by atoms with E-state index in [2.05, 4.69) is 5.32 Å². The Morgan fingerprint density at radius 2 is 1.23 bits per heavy atom. The molecule has 0 spiro atoms. The van der Waals surface area contributed by atoms with Crippen molar-refractivity contribution >= 4 is 50.7 Å². The zero-order valence-electron chi connectivity index (χ0n) is 26.4. The molecule has 1 aliphatic rings. The maximum absolute atomic E-state index is 14.2. The summed E-state index contributed by atoms with van der Waals surface area (Å²) in [6.07, 6.45) is 0.137. The predicted molar refractivity (Wildman–Crippen MR) is 188 cm³/mol. The van der Waals surface area contributed by atoms with Crippen molar-refractivity contribution in [1.82, 2.24) is 5.32 Å². The maximum atomic E-state index is 14.2. The average Bonchev–Trinajstić information content (AvgIpc) is 3.09. The van der Waals surface area contributed by atoms with Gasteiger partial charge in [-0.25, -0.2) is 0 Å². The first-order chi connectivity index (χ1) is 22.6. The second kappa shape index (κ2) is 13.9. The van der Waals surface area contributed by atoms with E-state index in [0.717, 1.165) is 15.9 Å². The number of halogens is 1. The second-order valence-electron chi connectivity index (χ2n) is 11.1. The van der Waals surface area contributed by atoms with Crippen LogP contribution in [0.2, 0.25) is 0 Å². The van der Waals surface area contributed by atoms with Gasteiger partial charge in [-0.15, -0.1) is 0 Å². The molecule has 1 aliphatic heterocycles. The number of nitro groups is 1. The summed E-state index contributed by atoms with van der Waals surface area (Å²) < 4.78 is 11.1. The number of hydrogen-bond donors (Lipinski definition) is 1. The van der Waals surface area contributed by atoms with Crippen LogP contribution in [0.5, 0.6) is 0 Å². The van der Waals surface area contributed by atoms with Crippen LogP contribution in [0.25, 0.3) is 0 Å². The van der Waals surface area contributed by atoms with Crippen LogP contribution in [0.1, 0.15) is 32.3 Å². The molecule has 8 nitrogen and oxygen atoms in total. The van der Waals surface area contributed by atoms with Gasteiger partial charge in [0, 0.05) is 0 Å². The van der Waals surface area contributed by atoms with E-state index in [1.54, 1.807) is 26.8 Å². The molecule has 1 atom stereocenters. The summed E-state index contributed by atoms with van der Waals surface area (Å²) in [6, 6.07) is 35.4. The number of ether oxygens (including phenoxy) is 2. The summed E-state index contributed by atoms with van der Waals surface area (Å²) in [4.78, 5) is 39.2. The van der Waals surface area contributed by atoms with Gasteiger partial charge in [-0.05, 0) is 0 Å². The van der Waals surface area contributed by atoms with Crippen LogP contribution in [0.15, 0.2) is 138 Å². The van der Waals surface area contributed by atoms with Crippen LogP contribution < -0.4 is 21.2 Å². The number of nitro benzene ring substituents is 1. The molecule has 0 saturated heterocycles. The number of carbonyl (C=O) groups excluding carboxylic acids is 2. The third-order valence-electron chi connectivity index (χ3n) is 8.39. The Hall–Kier alpha value is -4.78. The fraction of sp³-hybridized carbons (Fsp3) is 0.189. The Morgan fingerprint density at radius 1 is 0.766 bits per heavy atom. The van der Waals surface area contributed by atoms with Crippen LogP contribution in [0, 0.1) is 10.1 Å². The first kappa shape index (κ1) is 33.6. The third-order valence-corrected chi connectivity index (χ3v) is 15.5. The Kier molecular flexibility index (Phi) is 9.94. The minimum atomic E-state index is -4.01. The molecule has 0 bridgehead atoms. The van der Waals surface area contributed by atoms with Crippen LogP contribution in [0.3, 0.4) is 0 Å². The van der Waals surface area contributed by atoms with E-state index in [1.165, 1.54) is 18.2 Å². The third kappa shape index (κ3) is 6.19. The molecule has 0 radical (unpaired) electrons. The van der Waals surface area contributed by atoms with Gasteiger partial charge in [0.15, 0.2) is 0 Å². The molecular weight excluding hydrogens is 635 g/mol. The molecule has 0 amide bonds. The molecule has 4 aromatic carbocycles. The van der Waals surface area contributed by atoms with Crippen molar-refractivity contribution in [2.75, 3.05) is 19.4 Å². The SMILES string of the molecule is CCOC(=O)C1=C(C)NC(CP(Cl)(c2ccccc2)(c2ccccc2)c2ccccc2)=C(C(=O)OCC)C1c1cccc([N+](=O)[O-])c1. The molecule has 4 aromatic rings. The van der Waals surface area contributed by atoms with E-state index in [-0.39, 0.29) is 36.2 Å². The first-order valence-electron chi connectivity index (χ1n) is 15.3. The average molecular weight is 671 g/mol. The van der Waals surface area contributed by atoms with Crippen LogP contribution in [-0.4, -0.2) is 36.2 Å². The number of non-ortho nitro benzene ring substituents is 1. The fourth-order valence-electron chi connectivity index (χ4n) is 6.34. The van der Waals surface area contributed by atoms with Gasteiger partial charge >= 0.3 is 280 Å². The Balaban J connectivity index is 1.89. The van der Waals surface area contributed by atoms with Crippen molar-refractivity contribution in [1.29, 1.82) is 0 Å². The van der Waals surface area contributed by atoms with Crippen molar-refractivity contribution in [2.45, 2.75) is 26.7 Å². The van der Waals surface area contributed by atoms with E-state index in [1.807, 2.05) is 91.0 Å². The Bertz CT molecular complexity index is 1760. The standard InChI is InChI=1S/C37H36ClN2O6P/c1-4-45-36(41)33-26(3)39-32(35(37(42)46-5-2)34(33)27-16-15-17-28(24-27)40(43)44)25-47(38,29-18-9-6-10-19-29,30-20-11-7-12-21-30)31-22-13-8-14-23-31/h6-24,34,39H,4-5,25H2,1-3H3. The molecule has 1 unspecified atom stereocenters. The molecule has 242 valence electrons. The van der Waals surface area contributed by atoms with Gasteiger partial charge in [-0.2, -0.15) is 0 Å². The number of hydrogen-bond acceptors (Lipinski definition) is 7. The van der Waals surface area contributed by atoms with Crippen LogP contribution >= 0.6 is 17.2 Å². The zero-order chi connectivity index (χ0) is 33.6. The van der Waals surface area contributed by atoms with Crippen LogP contribution in [0.4, 0.5) is 5.69 Å². The summed E-state index contributed by atoms with van der Waals surface area (Å²) in [7, 11) is 0. The van der Waals surface area contributed by atoms with Crippen molar-refractivity contribution < 1.29 is 24.0 Å². The summed E-state index contributed by atoms with van der Waals surface area (Å²) >= 11 is 8.42. The van der Waals surface area contributed by atoms with Crippen molar-refractivity contribution in [2.24, 2.45) is 0 Å². The molecular formula is C37H36ClN2O6P. The molecule has 0 saturated carbocycles. The summed E-state index contributed by atoms with van der Waals surface area (Å²) in [5.41, 5.74) is 1.39. The number of rotatable bonds is 11. The van der Waals surface area contributed by atoms with Gasteiger partial charge in [0.25, 0.3) is 0 Å². The number of nitrogens with zero attached hydrogens (tertiary/aromatic N) is 1. The van der Waals surface area contributed by atoms with Crippen molar-refractivity contribution in [3.8, 4) is 0 Å². The van der Waals surface area contributed by atoms with Crippen molar-refractivity contribution in [3.05, 3.63) is 153 Å². The topological polar surface area (TPSA) is 108 Å². The normalized spacial score (nSPS) is 15.7. The molecule has 0 aromatic heterocycles. The molecule has 0 fully saturated rings. The number of dihydropyridines is 1. The van der Waals surface area contributed by atoms with Gasteiger partial charge in [-0.3, -0.25) is 0 Å². The fourth-order valence-corrected chi connectivity index (χ4v) is 12.4. The molecule has 1 heterocycles. The van der Waals surface area contributed by atoms with E-state index >= 15 is 0 Å².